The van der Waals surface area contributed by atoms with Crippen molar-refractivity contribution in [3.8, 4) is 0 Å². The van der Waals surface area contributed by atoms with Crippen molar-refractivity contribution in [3.05, 3.63) is 16.1 Å². The molecule has 1 aliphatic rings. The molecule has 0 radical (unpaired) electrons. The van der Waals surface area contributed by atoms with Gasteiger partial charge in [0.05, 0.1) is 5.01 Å². The Kier molecular flexibility index (Phi) is 1.69. The second-order valence-electron chi connectivity index (χ2n) is 3.11. The quantitative estimate of drug-likeness (QED) is 0.728. The number of aliphatic hydroxyl groups is 1. The zero-order valence-corrected chi connectivity index (χ0v) is 7.27. The Morgan fingerprint density at radius 2 is 2.64 bits per heavy atom. The van der Waals surface area contributed by atoms with Crippen LogP contribution in [0, 0.1) is 12.8 Å². The van der Waals surface area contributed by atoms with Gasteiger partial charge in [-0.25, -0.2) is 4.98 Å². The predicted octanol–water partition coefficient (Wildman–Crippen LogP) is 1.55. The van der Waals surface area contributed by atoms with Crippen molar-refractivity contribution >= 4 is 11.3 Å². The van der Waals surface area contributed by atoms with Crippen LogP contribution in [0.1, 0.15) is 23.0 Å². The maximum absolute atomic E-state index is 8.82. The number of nitrogens with zero attached hydrogens (tertiary/aromatic N) is 1. The van der Waals surface area contributed by atoms with Crippen molar-refractivity contribution in [2.45, 2.75) is 19.3 Å². The second-order valence-corrected chi connectivity index (χ2v) is 4.00. The molecule has 2 rings (SSSR count). The maximum Gasteiger partial charge on any atom is 0.0962 e. The fourth-order valence-corrected chi connectivity index (χ4v) is 2.30. The van der Waals surface area contributed by atoms with E-state index in [2.05, 4.69) is 10.4 Å². The molecule has 0 spiro atoms. The Balaban J connectivity index is 2.08. The zero-order valence-electron chi connectivity index (χ0n) is 6.45. The van der Waals surface area contributed by atoms with Crippen LogP contribution < -0.4 is 0 Å². The van der Waals surface area contributed by atoms with Crippen molar-refractivity contribution in [2.24, 2.45) is 5.92 Å². The summed E-state index contributed by atoms with van der Waals surface area (Å²) in [5, 5.41) is 12.1. The van der Waals surface area contributed by atoms with Crippen LogP contribution in [0.15, 0.2) is 5.38 Å². The first-order chi connectivity index (χ1) is 5.31. The average Bonchev–Trinajstić information content (AvgIpc) is 2.68. The van der Waals surface area contributed by atoms with Gasteiger partial charge in [-0.05, 0) is 19.3 Å². The Morgan fingerprint density at radius 3 is 3.09 bits per heavy atom. The molecule has 0 saturated heterocycles. The molecule has 0 aliphatic heterocycles. The smallest absolute Gasteiger partial charge is 0.0962 e. The highest BCUT2D eigenvalue weighted by atomic mass is 32.1. The van der Waals surface area contributed by atoms with Gasteiger partial charge in [-0.15, -0.1) is 11.3 Å². The van der Waals surface area contributed by atoms with Crippen LogP contribution in [-0.2, 0) is 0 Å². The lowest BCUT2D eigenvalue weighted by atomic mass is 10.3. The molecule has 1 aromatic rings. The monoisotopic (exact) mass is 169 g/mol. The van der Waals surface area contributed by atoms with Crippen molar-refractivity contribution in [1.29, 1.82) is 0 Å². The average molecular weight is 169 g/mol. The summed E-state index contributed by atoms with van der Waals surface area (Å²) in [5.41, 5.74) is 1.11. The van der Waals surface area contributed by atoms with Gasteiger partial charge in [-0.1, -0.05) is 0 Å². The summed E-state index contributed by atoms with van der Waals surface area (Å²) in [5.74, 6) is 1.07. The van der Waals surface area contributed by atoms with Crippen molar-refractivity contribution in [1.82, 2.24) is 4.98 Å². The molecule has 3 heteroatoms. The first-order valence-corrected chi connectivity index (χ1v) is 4.72. The van der Waals surface area contributed by atoms with Crippen LogP contribution in [0.25, 0.3) is 0 Å². The first-order valence-electron chi connectivity index (χ1n) is 3.84. The fourth-order valence-electron chi connectivity index (χ4n) is 1.29. The van der Waals surface area contributed by atoms with E-state index in [1.54, 1.807) is 11.3 Å². The molecule has 2 unspecified atom stereocenters. The minimum absolute atomic E-state index is 0.323. The number of aliphatic hydroxyl groups excluding tert-OH is 1. The minimum Gasteiger partial charge on any atom is -0.396 e. The second kappa shape index (κ2) is 2.57. The zero-order chi connectivity index (χ0) is 7.84. The summed E-state index contributed by atoms with van der Waals surface area (Å²) in [4.78, 5) is 4.38. The van der Waals surface area contributed by atoms with E-state index in [1.807, 2.05) is 6.92 Å². The van der Waals surface area contributed by atoms with E-state index in [-0.39, 0.29) is 0 Å². The first kappa shape index (κ1) is 7.25. The number of rotatable bonds is 2. The molecule has 2 atom stereocenters. The SMILES string of the molecule is Cc1csc(C2CC2CO)n1. The van der Waals surface area contributed by atoms with E-state index < -0.39 is 0 Å². The Bertz CT molecular complexity index is 258. The molecule has 60 valence electrons. The van der Waals surface area contributed by atoms with Gasteiger partial charge in [-0.3, -0.25) is 0 Å². The third-order valence-corrected chi connectivity index (χ3v) is 3.21. The van der Waals surface area contributed by atoms with Gasteiger partial charge in [0.25, 0.3) is 0 Å². The van der Waals surface area contributed by atoms with Gasteiger partial charge in [0.15, 0.2) is 0 Å². The molecule has 1 heterocycles. The standard InChI is InChI=1S/C8H11NOS/c1-5-4-11-8(9-5)7-2-6(7)3-10/h4,6-7,10H,2-3H2,1H3. The van der Waals surface area contributed by atoms with Crippen LogP contribution in [0.2, 0.25) is 0 Å². The largest absolute Gasteiger partial charge is 0.396 e. The van der Waals surface area contributed by atoms with Crippen LogP contribution in [0.5, 0.6) is 0 Å². The highest BCUT2D eigenvalue weighted by Crippen LogP contribution is 2.47. The Hall–Kier alpha value is -0.410. The van der Waals surface area contributed by atoms with Gasteiger partial charge < -0.3 is 5.11 Å². The topological polar surface area (TPSA) is 33.1 Å². The normalized spacial score (nSPS) is 28.9. The molecule has 2 nitrogen and oxygen atoms in total. The molecule has 1 aromatic heterocycles. The molecule has 0 aromatic carbocycles. The van der Waals surface area contributed by atoms with Gasteiger partial charge >= 0.3 is 0 Å². The molecular formula is C8H11NOS. The summed E-state index contributed by atoms with van der Waals surface area (Å²) >= 11 is 1.72. The van der Waals surface area contributed by atoms with Gasteiger partial charge in [0.1, 0.15) is 0 Å². The van der Waals surface area contributed by atoms with Gasteiger partial charge in [0.2, 0.25) is 0 Å². The number of aromatic nitrogens is 1. The summed E-state index contributed by atoms with van der Waals surface area (Å²) in [6.45, 7) is 2.33. The van der Waals surface area contributed by atoms with E-state index in [1.165, 1.54) is 5.01 Å². The third kappa shape index (κ3) is 1.30. The number of hydrogen-bond acceptors (Lipinski definition) is 3. The van der Waals surface area contributed by atoms with E-state index in [9.17, 15) is 0 Å². The van der Waals surface area contributed by atoms with E-state index in [0.717, 1.165) is 12.1 Å². The minimum atomic E-state index is 0.323. The highest BCUT2D eigenvalue weighted by Gasteiger charge is 2.39. The van der Waals surface area contributed by atoms with Crippen molar-refractivity contribution in [2.75, 3.05) is 6.61 Å². The van der Waals surface area contributed by atoms with Gasteiger partial charge in [0, 0.05) is 23.6 Å². The summed E-state index contributed by atoms with van der Waals surface area (Å²) < 4.78 is 0. The Labute approximate surface area is 69.9 Å². The molecule has 1 aliphatic carbocycles. The van der Waals surface area contributed by atoms with E-state index >= 15 is 0 Å². The number of thiazole rings is 1. The lowest BCUT2D eigenvalue weighted by molar-refractivity contribution is 0.274. The fraction of sp³-hybridized carbons (Fsp3) is 0.625. The molecule has 0 amide bonds. The molecular weight excluding hydrogens is 158 g/mol. The highest BCUT2D eigenvalue weighted by molar-refractivity contribution is 7.09. The summed E-state index contributed by atoms with van der Waals surface area (Å²) in [7, 11) is 0. The van der Waals surface area contributed by atoms with Crippen molar-refractivity contribution < 1.29 is 5.11 Å². The number of aryl methyl sites for hydroxylation is 1. The van der Waals surface area contributed by atoms with Crippen LogP contribution in [-0.4, -0.2) is 16.7 Å². The van der Waals surface area contributed by atoms with Crippen LogP contribution in [0.3, 0.4) is 0 Å². The maximum atomic E-state index is 8.82. The molecule has 0 bridgehead atoms. The van der Waals surface area contributed by atoms with E-state index in [0.29, 0.717) is 18.4 Å². The number of hydrogen-bond donors (Lipinski definition) is 1. The van der Waals surface area contributed by atoms with Crippen LogP contribution in [0.4, 0.5) is 0 Å². The lowest BCUT2D eigenvalue weighted by Gasteiger charge is -1.88. The summed E-state index contributed by atoms with van der Waals surface area (Å²) in [6.07, 6.45) is 1.13. The molecule has 1 fully saturated rings. The summed E-state index contributed by atoms with van der Waals surface area (Å²) in [6, 6.07) is 0. The predicted molar refractivity (Wildman–Crippen MR) is 44.8 cm³/mol. The molecule has 1 N–H and O–H groups in total. The van der Waals surface area contributed by atoms with Crippen LogP contribution >= 0.6 is 11.3 Å². The van der Waals surface area contributed by atoms with E-state index in [4.69, 9.17) is 5.11 Å². The third-order valence-electron chi connectivity index (χ3n) is 2.11. The molecule has 1 saturated carbocycles. The Morgan fingerprint density at radius 1 is 1.82 bits per heavy atom. The molecule has 11 heavy (non-hydrogen) atoms. The van der Waals surface area contributed by atoms with Crippen molar-refractivity contribution in [3.63, 3.8) is 0 Å². The lowest BCUT2D eigenvalue weighted by Crippen LogP contribution is -1.87. The van der Waals surface area contributed by atoms with Gasteiger partial charge in [-0.2, -0.15) is 0 Å².